The molecule has 0 atom stereocenters. The first-order chi connectivity index (χ1) is 4.89. The summed E-state index contributed by atoms with van der Waals surface area (Å²) in [6, 6.07) is 0. The molecule has 1 aliphatic rings. The van der Waals surface area contributed by atoms with E-state index in [-0.39, 0.29) is 35.1 Å². The van der Waals surface area contributed by atoms with E-state index >= 15 is 0 Å². The minimum atomic E-state index is -0.186. The van der Waals surface area contributed by atoms with Crippen molar-refractivity contribution in [2.24, 2.45) is 5.73 Å². The van der Waals surface area contributed by atoms with E-state index in [0.29, 0.717) is 0 Å². The van der Waals surface area contributed by atoms with Crippen molar-refractivity contribution < 1.29 is 0 Å². The molecule has 2 N–H and O–H groups in total. The van der Waals surface area contributed by atoms with E-state index in [4.69, 9.17) is 5.73 Å². The first-order valence-electron chi connectivity index (χ1n) is 4.04. The van der Waals surface area contributed by atoms with Gasteiger partial charge in [-0.2, -0.15) is 0 Å². The third-order valence-electron chi connectivity index (χ3n) is 3.25. The van der Waals surface area contributed by atoms with Gasteiger partial charge in [-0.05, 0) is 56.9 Å². The van der Waals surface area contributed by atoms with Gasteiger partial charge in [0.05, 0.1) is 5.54 Å². The van der Waals surface area contributed by atoms with Crippen molar-refractivity contribution in [3.8, 4) is 0 Å². The van der Waals surface area contributed by atoms with Crippen LogP contribution in [0.5, 0.6) is 0 Å². The fourth-order valence-electron chi connectivity index (χ4n) is 1.62. The van der Waals surface area contributed by atoms with Gasteiger partial charge >= 0.3 is 29.6 Å². The van der Waals surface area contributed by atoms with Crippen LogP contribution in [0.1, 0.15) is 34.6 Å². The molecule has 1 nitrogen and oxygen atoms in total. The molecule has 0 heterocycles. The van der Waals surface area contributed by atoms with Crippen molar-refractivity contribution in [2.75, 3.05) is 0 Å². The molecule has 0 aromatic rings. The van der Waals surface area contributed by atoms with E-state index < -0.39 is 0 Å². The second kappa shape index (κ2) is 3.67. The monoisotopic (exact) mass is 175 g/mol. The molecule has 0 saturated heterocycles. The molecular formula is C10H18NNa. The van der Waals surface area contributed by atoms with Crippen LogP contribution in [0.25, 0.3) is 0 Å². The zero-order chi connectivity index (χ0) is 8.81. The second-order valence-electron chi connectivity index (χ2n) is 3.70. The van der Waals surface area contributed by atoms with Gasteiger partial charge in [-0.1, -0.05) is 0 Å². The number of hydrogen-bond acceptors (Lipinski definition) is 1. The van der Waals surface area contributed by atoms with E-state index in [1.54, 1.807) is 0 Å². The normalized spacial score (nSPS) is 21.5. The van der Waals surface area contributed by atoms with Crippen molar-refractivity contribution >= 4 is 29.6 Å². The van der Waals surface area contributed by atoms with Crippen LogP contribution in [0.3, 0.4) is 0 Å². The van der Waals surface area contributed by atoms with Crippen molar-refractivity contribution in [2.45, 2.75) is 40.2 Å². The van der Waals surface area contributed by atoms with E-state index in [1.807, 2.05) is 0 Å². The first-order valence-corrected chi connectivity index (χ1v) is 4.04. The molecule has 12 heavy (non-hydrogen) atoms. The predicted octanol–water partition coefficient (Wildman–Crippen LogP) is 1.74. The van der Waals surface area contributed by atoms with Gasteiger partial charge in [0, 0.05) is 0 Å². The number of rotatable bonds is 0. The molecule has 0 aromatic carbocycles. The summed E-state index contributed by atoms with van der Waals surface area (Å²) in [6.45, 7) is 10.6. The van der Waals surface area contributed by atoms with E-state index in [1.165, 1.54) is 22.3 Å². The molecule has 0 fully saturated rings. The fourth-order valence-corrected chi connectivity index (χ4v) is 1.62. The molecule has 0 aliphatic heterocycles. The Morgan fingerprint density at radius 1 is 0.917 bits per heavy atom. The van der Waals surface area contributed by atoms with Gasteiger partial charge in [-0.3, -0.25) is 0 Å². The Morgan fingerprint density at radius 2 is 1.17 bits per heavy atom. The molecule has 2 heteroatoms. The molecule has 64 valence electrons. The maximum atomic E-state index is 6.13. The molecule has 1 aliphatic carbocycles. The molecule has 0 radical (unpaired) electrons. The summed E-state index contributed by atoms with van der Waals surface area (Å²) in [7, 11) is 0. The topological polar surface area (TPSA) is 26.0 Å². The molecule has 0 bridgehead atoms. The third-order valence-corrected chi connectivity index (χ3v) is 3.25. The minimum absolute atomic E-state index is 0. The van der Waals surface area contributed by atoms with Crippen LogP contribution in [-0.4, -0.2) is 35.1 Å². The number of hydrogen-bond donors (Lipinski definition) is 1. The molecule has 0 spiro atoms. The Hall–Kier alpha value is 0.440. The number of allylic oxidation sites excluding steroid dienone is 2. The van der Waals surface area contributed by atoms with Gasteiger partial charge in [0.25, 0.3) is 0 Å². The van der Waals surface area contributed by atoms with Crippen LogP contribution < -0.4 is 5.73 Å². The van der Waals surface area contributed by atoms with Crippen LogP contribution in [0, 0.1) is 0 Å². The summed E-state index contributed by atoms with van der Waals surface area (Å²) in [5, 5.41) is 0. The summed E-state index contributed by atoms with van der Waals surface area (Å²) >= 11 is 0. The van der Waals surface area contributed by atoms with Crippen LogP contribution in [0.4, 0.5) is 0 Å². The summed E-state index contributed by atoms with van der Waals surface area (Å²) in [5.41, 5.74) is 11.3. The Morgan fingerprint density at radius 3 is 1.25 bits per heavy atom. The first kappa shape index (κ1) is 12.4. The summed E-state index contributed by atoms with van der Waals surface area (Å²) in [4.78, 5) is 0. The van der Waals surface area contributed by atoms with Crippen LogP contribution in [-0.2, 0) is 0 Å². The summed E-state index contributed by atoms with van der Waals surface area (Å²) in [6.07, 6.45) is 0. The average Bonchev–Trinajstić information content (AvgIpc) is 2.06. The van der Waals surface area contributed by atoms with Crippen molar-refractivity contribution in [3.63, 3.8) is 0 Å². The molecule has 1 rings (SSSR count). The predicted molar refractivity (Wildman–Crippen MR) is 56.5 cm³/mol. The van der Waals surface area contributed by atoms with Crippen molar-refractivity contribution in [1.29, 1.82) is 0 Å². The molecular weight excluding hydrogens is 157 g/mol. The zero-order valence-corrected chi connectivity index (χ0v) is 8.08. The molecule has 0 aromatic heterocycles. The Balaban J connectivity index is 0.00000121. The Labute approximate surface area is 97.4 Å². The zero-order valence-electron chi connectivity index (χ0n) is 8.08. The number of nitrogens with two attached hydrogens (primary N) is 1. The van der Waals surface area contributed by atoms with E-state index in [2.05, 4.69) is 34.6 Å². The quantitative estimate of drug-likeness (QED) is 0.558. The van der Waals surface area contributed by atoms with E-state index in [9.17, 15) is 0 Å². The van der Waals surface area contributed by atoms with Gasteiger partial charge in [0.15, 0.2) is 0 Å². The second-order valence-corrected chi connectivity index (χ2v) is 3.70. The van der Waals surface area contributed by atoms with Gasteiger partial charge in [-0.15, -0.1) is 0 Å². The van der Waals surface area contributed by atoms with Crippen molar-refractivity contribution in [3.05, 3.63) is 22.3 Å². The summed E-state index contributed by atoms with van der Waals surface area (Å²) < 4.78 is 0. The Kier molecular flexibility index (Phi) is 3.80. The van der Waals surface area contributed by atoms with Crippen LogP contribution in [0.2, 0.25) is 0 Å². The van der Waals surface area contributed by atoms with Gasteiger partial charge in [-0.25, -0.2) is 0 Å². The molecule has 0 saturated carbocycles. The summed E-state index contributed by atoms with van der Waals surface area (Å²) in [5.74, 6) is 0. The van der Waals surface area contributed by atoms with Gasteiger partial charge in [0.1, 0.15) is 0 Å². The maximum absolute atomic E-state index is 6.13. The average molecular weight is 175 g/mol. The fraction of sp³-hybridized carbons (Fsp3) is 0.600. The SMILES string of the molecule is CC1=C(C)C(C)(N)C(C)=C1C.[NaH]. The van der Waals surface area contributed by atoms with Gasteiger partial charge < -0.3 is 5.73 Å². The standard InChI is InChI=1S/C10H17N.Na.H/c1-6-7(2)9(4)10(5,11)8(6)3;;/h11H2,1-5H3;;. The van der Waals surface area contributed by atoms with Gasteiger partial charge in [0.2, 0.25) is 0 Å². The van der Waals surface area contributed by atoms with Crippen LogP contribution >= 0.6 is 0 Å². The van der Waals surface area contributed by atoms with Crippen LogP contribution in [0.15, 0.2) is 22.3 Å². The van der Waals surface area contributed by atoms with Crippen molar-refractivity contribution in [1.82, 2.24) is 0 Å². The third kappa shape index (κ3) is 1.56. The molecule has 0 amide bonds. The molecule has 0 unspecified atom stereocenters. The van der Waals surface area contributed by atoms with E-state index in [0.717, 1.165) is 0 Å². The Bertz CT molecular complexity index is 233.